The van der Waals surface area contributed by atoms with Crippen molar-refractivity contribution in [1.29, 1.82) is 0 Å². The number of carbonyl (C=O) groups excluding carboxylic acids is 2. The summed E-state index contributed by atoms with van der Waals surface area (Å²) in [5, 5.41) is 12.7. The van der Waals surface area contributed by atoms with E-state index in [9.17, 15) is 27.9 Å². The van der Waals surface area contributed by atoms with Crippen LogP contribution >= 0.6 is 0 Å². The minimum absolute atomic E-state index is 0.0709. The molecule has 0 radical (unpaired) electrons. The average molecular weight is 365 g/mol. The molecule has 10 heteroatoms. The lowest BCUT2D eigenvalue weighted by Crippen LogP contribution is -2.50. The molecule has 0 aromatic heterocycles. The van der Waals surface area contributed by atoms with Crippen molar-refractivity contribution < 1.29 is 42.1 Å². The van der Waals surface area contributed by atoms with Gasteiger partial charge in [0, 0.05) is 5.56 Å². The second-order valence-corrected chi connectivity index (χ2v) is 5.00. The average Bonchev–Trinajstić information content (AvgIpc) is 2.56. The maximum Gasteiger partial charge on any atom is 0.432 e. The molecule has 0 heterocycles. The van der Waals surface area contributed by atoms with Crippen molar-refractivity contribution in [2.24, 2.45) is 0 Å². The summed E-state index contributed by atoms with van der Waals surface area (Å²) in [7, 11) is 3.09. The van der Waals surface area contributed by atoms with Gasteiger partial charge in [0.25, 0.3) is 5.60 Å². The van der Waals surface area contributed by atoms with Crippen molar-refractivity contribution in [2.45, 2.75) is 18.7 Å². The third-order valence-corrected chi connectivity index (χ3v) is 3.48. The predicted octanol–water partition coefficient (Wildman–Crippen LogP) is 1.51. The highest BCUT2D eigenvalue weighted by molar-refractivity contribution is 5.84. The van der Waals surface area contributed by atoms with Gasteiger partial charge in [0.05, 0.1) is 27.0 Å². The smallest absolute Gasteiger partial charge is 0.432 e. The summed E-state index contributed by atoms with van der Waals surface area (Å²) < 4.78 is 53.7. The number of aryl methyl sites for hydroxylation is 1. The predicted molar refractivity (Wildman–Crippen MR) is 80.2 cm³/mol. The summed E-state index contributed by atoms with van der Waals surface area (Å²) >= 11 is 0. The standard InChI is InChI=1S/C15H18F3NO6/c1-8-5-10(19-7-12(20)24-3)11(23-2)6-9(8)14(22,13(21)25-4)15(16,17)18/h5-6,19,22H,7H2,1-4H3/t14-/m0/s1. The van der Waals surface area contributed by atoms with Crippen LogP contribution in [0.25, 0.3) is 0 Å². The molecule has 0 fully saturated rings. The normalized spacial score (nSPS) is 13.6. The van der Waals surface area contributed by atoms with Crippen molar-refractivity contribution in [1.82, 2.24) is 0 Å². The van der Waals surface area contributed by atoms with Gasteiger partial charge in [-0.1, -0.05) is 0 Å². The second-order valence-electron chi connectivity index (χ2n) is 5.00. The molecule has 2 N–H and O–H groups in total. The number of anilines is 1. The Hall–Kier alpha value is -2.49. The lowest BCUT2D eigenvalue weighted by Gasteiger charge is -2.30. The van der Waals surface area contributed by atoms with E-state index in [0.717, 1.165) is 13.2 Å². The number of alkyl halides is 3. The molecule has 1 atom stereocenters. The number of benzene rings is 1. The molecule has 0 saturated carbocycles. The van der Waals surface area contributed by atoms with Crippen molar-refractivity contribution in [3.05, 3.63) is 23.3 Å². The number of ether oxygens (including phenoxy) is 3. The van der Waals surface area contributed by atoms with Gasteiger partial charge in [-0.25, -0.2) is 4.79 Å². The fraction of sp³-hybridized carbons (Fsp3) is 0.467. The molecule has 0 aliphatic rings. The highest BCUT2D eigenvalue weighted by Crippen LogP contribution is 2.43. The Morgan fingerprint density at radius 3 is 2.20 bits per heavy atom. The Morgan fingerprint density at radius 2 is 1.76 bits per heavy atom. The fourth-order valence-corrected chi connectivity index (χ4v) is 2.15. The molecular formula is C15H18F3NO6. The topological polar surface area (TPSA) is 94.1 Å². The summed E-state index contributed by atoms with van der Waals surface area (Å²) in [6, 6.07) is 2.07. The zero-order valence-electron chi connectivity index (χ0n) is 14.0. The summed E-state index contributed by atoms with van der Waals surface area (Å²) in [5.74, 6) is -2.60. The van der Waals surface area contributed by atoms with E-state index in [4.69, 9.17) is 4.74 Å². The van der Waals surface area contributed by atoms with Gasteiger partial charge in [0.15, 0.2) is 0 Å². The SMILES string of the molecule is COC(=O)CNc1cc(C)c([C@](O)(C(=O)OC)C(F)(F)F)cc1OC. The summed E-state index contributed by atoms with van der Waals surface area (Å²) in [4.78, 5) is 22.8. The maximum absolute atomic E-state index is 13.4. The number of esters is 2. The van der Waals surface area contributed by atoms with Gasteiger partial charge in [-0.2, -0.15) is 13.2 Å². The van der Waals surface area contributed by atoms with Gasteiger partial charge >= 0.3 is 18.1 Å². The first-order chi connectivity index (χ1) is 11.5. The highest BCUT2D eigenvalue weighted by Gasteiger charge is 2.62. The van der Waals surface area contributed by atoms with E-state index in [1.807, 2.05) is 0 Å². The highest BCUT2D eigenvalue weighted by atomic mass is 19.4. The first kappa shape index (κ1) is 20.6. The number of nitrogens with one attached hydrogen (secondary N) is 1. The molecule has 7 nitrogen and oxygen atoms in total. The van der Waals surface area contributed by atoms with Crippen LogP contribution in [0.5, 0.6) is 5.75 Å². The molecule has 1 aromatic carbocycles. The van der Waals surface area contributed by atoms with E-state index in [0.29, 0.717) is 0 Å². The molecule has 140 valence electrons. The van der Waals surface area contributed by atoms with Crippen LogP contribution in [-0.2, 0) is 24.7 Å². The van der Waals surface area contributed by atoms with E-state index in [-0.39, 0.29) is 23.5 Å². The lowest BCUT2D eigenvalue weighted by molar-refractivity contribution is -0.267. The van der Waals surface area contributed by atoms with Crippen molar-refractivity contribution in [3.63, 3.8) is 0 Å². The third-order valence-electron chi connectivity index (χ3n) is 3.48. The quantitative estimate of drug-likeness (QED) is 0.738. The number of halogens is 3. The lowest BCUT2D eigenvalue weighted by atomic mass is 9.88. The Labute approximate surface area is 141 Å². The van der Waals surface area contributed by atoms with E-state index >= 15 is 0 Å². The third kappa shape index (κ3) is 3.95. The molecule has 0 aliphatic carbocycles. The molecule has 0 saturated heterocycles. The van der Waals surface area contributed by atoms with E-state index in [1.165, 1.54) is 27.2 Å². The monoisotopic (exact) mass is 365 g/mol. The zero-order valence-corrected chi connectivity index (χ0v) is 14.0. The zero-order chi connectivity index (χ0) is 19.4. The molecule has 25 heavy (non-hydrogen) atoms. The minimum Gasteiger partial charge on any atom is -0.495 e. The van der Waals surface area contributed by atoms with Crippen LogP contribution in [0, 0.1) is 6.92 Å². The van der Waals surface area contributed by atoms with Crippen LogP contribution in [0.3, 0.4) is 0 Å². The number of carbonyl (C=O) groups is 2. The molecule has 1 aromatic rings. The van der Waals surface area contributed by atoms with Crippen LogP contribution < -0.4 is 10.1 Å². The van der Waals surface area contributed by atoms with E-state index < -0.39 is 29.3 Å². The number of hydrogen-bond donors (Lipinski definition) is 2. The van der Waals surface area contributed by atoms with Gasteiger partial charge < -0.3 is 24.6 Å². The van der Waals surface area contributed by atoms with Crippen molar-refractivity contribution in [2.75, 3.05) is 33.2 Å². The first-order valence-corrected chi connectivity index (χ1v) is 6.90. The molecule has 0 unspecified atom stereocenters. The number of methoxy groups -OCH3 is 3. The van der Waals surface area contributed by atoms with Gasteiger partial charge in [0.2, 0.25) is 0 Å². The molecule has 0 bridgehead atoms. The number of hydrogen-bond acceptors (Lipinski definition) is 7. The Bertz CT molecular complexity index is 661. The molecule has 0 aliphatic heterocycles. The summed E-state index contributed by atoms with van der Waals surface area (Å²) in [5.41, 5.74) is -4.49. The van der Waals surface area contributed by atoms with Crippen LogP contribution in [0.1, 0.15) is 11.1 Å². The van der Waals surface area contributed by atoms with Gasteiger partial charge in [-0.3, -0.25) is 4.79 Å². The maximum atomic E-state index is 13.4. The first-order valence-electron chi connectivity index (χ1n) is 6.90. The summed E-state index contributed by atoms with van der Waals surface area (Å²) in [6.45, 7) is 1.00. The Kier molecular flexibility index (Phi) is 6.25. The number of aliphatic hydroxyl groups is 1. The van der Waals surface area contributed by atoms with Crippen LogP contribution in [0.4, 0.5) is 18.9 Å². The molecule has 1 rings (SSSR count). The van der Waals surface area contributed by atoms with Crippen LogP contribution in [0.15, 0.2) is 12.1 Å². The summed E-state index contributed by atoms with van der Waals surface area (Å²) in [6.07, 6.45) is -5.32. The second kappa shape index (κ2) is 7.60. The van der Waals surface area contributed by atoms with Crippen molar-refractivity contribution in [3.8, 4) is 5.75 Å². The number of rotatable bonds is 6. The van der Waals surface area contributed by atoms with Gasteiger partial charge in [-0.15, -0.1) is 0 Å². The van der Waals surface area contributed by atoms with Gasteiger partial charge in [-0.05, 0) is 24.6 Å². The minimum atomic E-state index is -5.32. The molecular weight excluding hydrogens is 347 g/mol. The Morgan fingerprint density at radius 1 is 1.16 bits per heavy atom. The van der Waals surface area contributed by atoms with E-state index in [2.05, 4.69) is 14.8 Å². The van der Waals surface area contributed by atoms with E-state index in [1.54, 1.807) is 0 Å². The molecule has 0 spiro atoms. The van der Waals surface area contributed by atoms with Crippen LogP contribution in [0.2, 0.25) is 0 Å². The molecule has 0 amide bonds. The van der Waals surface area contributed by atoms with Gasteiger partial charge in [0.1, 0.15) is 12.3 Å². The van der Waals surface area contributed by atoms with Crippen LogP contribution in [-0.4, -0.2) is 51.1 Å². The van der Waals surface area contributed by atoms with Crippen molar-refractivity contribution >= 4 is 17.6 Å². The Balaban J connectivity index is 3.46. The largest absolute Gasteiger partial charge is 0.495 e. The fourth-order valence-electron chi connectivity index (χ4n) is 2.15.